The SMILES string of the molecule is CCc1cc(CNCc2cc(Br)ccc2F)n(C)n1. The quantitative estimate of drug-likeness (QED) is 0.915. The molecule has 5 heteroatoms. The highest BCUT2D eigenvalue weighted by Gasteiger charge is 2.05. The van der Waals surface area contributed by atoms with E-state index < -0.39 is 0 Å². The van der Waals surface area contributed by atoms with Crippen LogP contribution in [0, 0.1) is 5.82 Å². The van der Waals surface area contributed by atoms with Crippen molar-refractivity contribution in [1.82, 2.24) is 15.1 Å². The Morgan fingerprint density at radius 1 is 1.32 bits per heavy atom. The maximum Gasteiger partial charge on any atom is 0.127 e. The summed E-state index contributed by atoms with van der Waals surface area (Å²) in [5.41, 5.74) is 2.84. The average molecular weight is 326 g/mol. The largest absolute Gasteiger partial charge is 0.307 e. The van der Waals surface area contributed by atoms with Gasteiger partial charge in [0.2, 0.25) is 0 Å². The molecule has 19 heavy (non-hydrogen) atoms. The number of hydrogen-bond acceptors (Lipinski definition) is 2. The fraction of sp³-hybridized carbons (Fsp3) is 0.357. The minimum atomic E-state index is -0.185. The maximum atomic E-state index is 13.6. The third kappa shape index (κ3) is 3.64. The Bertz CT molecular complexity index is 566. The van der Waals surface area contributed by atoms with Crippen LogP contribution < -0.4 is 5.32 Å². The van der Waals surface area contributed by atoms with Gasteiger partial charge in [0.1, 0.15) is 5.82 Å². The molecule has 1 heterocycles. The van der Waals surface area contributed by atoms with E-state index in [0.717, 1.165) is 22.3 Å². The molecular weight excluding hydrogens is 309 g/mol. The monoisotopic (exact) mass is 325 g/mol. The molecule has 1 aromatic heterocycles. The Labute approximate surface area is 121 Å². The second-order valence-corrected chi connectivity index (χ2v) is 5.36. The van der Waals surface area contributed by atoms with Crippen LogP contribution in [0.5, 0.6) is 0 Å². The lowest BCUT2D eigenvalue weighted by Gasteiger charge is -2.06. The van der Waals surface area contributed by atoms with E-state index in [1.54, 1.807) is 12.1 Å². The molecule has 102 valence electrons. The summed E-state index contributed by atoms with van der Waals surface area (Å²) in [7, 11) is 1.93. The van der Waals surface area contributed by atoms with Crippen molar-refractivity contribution in [2.75, 3.05) is 0 Å². The van der Waals surface area contributed by atoms with Gasteiger partial charge in [-0.05, 0) is 30.7 Å². The maximum absolute atomic E-state index is 13.6. The Morgan fingerprint density at radius 3 is 2.79 bits per heavy atom. The summed E-state index contributed by atoms with van der Waals surface area (Å²) in [4.78, 5) is 0. The molecule has 1 aromatic carbocycles. The molecule has 0 aliphatic carbocycles. The third-order valence-corrected chi connectivity index (χ3v) is 3.51. The van der Waals surface area contributed by atoms with E-state index in [-0.39, 0.29) is 5.82 Å². The van der Waals surface area contributed by atoms with Crippen molar-refractivity contribution in [3.8, 4) is 0 Å². The van der Waals surface area contributed by atoms with Crippen LogP contribution in [0.3, 0.4) is 0 Å². The second kappa shape index (κ2) is 6.30. The van der Waals surface area contributed by atoms with Gasteiger partial charge in [-0.3, -0.25) is 4.68 Å². The van der Waals surface area contributed by atoms with E-state index in [4.69, 9.17) is 0 Å². The molecule has 0 bridgehead atoms. The van der Waals surface area contributed by atoms with Crippen LogP contribution in [0.1, 0.15) is 23.9 Å². The number of benzene rings is 1. The minimum Gasteiger partial charge on any atom is -0.307 e. The lowest BCUT2D eigenvalue weighted by molar-refractivity contribution is 0.576. The molecular formula is C14H17BrFN3. The van der Waals surface area contributed by atoms with Gasteiger partial charge in [0, 0.05) is 30.2 Å². The van der Waals surface area contributed by atoms with Gasteiger partial charge in [-0.15, -0.1) is 0 Å². The first-order chi connectivity index (χ1) is 9.10. The number of nitrogens with zero attached hydrogens (tertiary/aromatic N) is 2. The molecule has 1 N–H and O–H groups in total. The van der Waals surface area contributed by atoms with Crippen molar-refractivity contribution in [3.63, 3.8) is 0 Å². The van der Waals surface area contributed by atoms with Crippen LogP contribution >= 0.6 is 15.9 Å². The predicted molar refractivity (Wildman–Crippen MR) is 77.2 cm³/mol. The highest BCUT2D eigenvalue weighted by atomic mass is 79.9. The normalized spacial score (nSPS) is 10.9. The number of aromatic nitrogens is 2. The van der Waals surface area contributed by atoms with Crippen LogP contribution in [-0.4, -0.2) is 9.78 Å². The van der Waals surface area contributed by atoms with Gasteiger partial charge < -0.3 is 5.32 Å². The fourth-order valence-corrected chi connectivity index (χ4v) is 2.32. The number of nitrogens with one attached hydrogen (secondary N) is 1. The molecule has 0 spiro atoms. The zero-order chi connectivity index (χ0) is 13.8. The second-order valence-electron chi connectivity index (χ2n) is 4.44. The van der Waals surface area contributed by atoms with Crippen molar-refractivity contribution in [2.24, 2.45) is 7.05 Å². The van der Waals surface area contributed by atoms with Gasteiger partial charge >= 0.3 is 0 Å². The smallest absolute Gasteiger partial charge is 0.127 e. The van der Waals surface area contributed by atoms with Gasteiger partial charge in [0.25, 0.3) is 0 Å². The van der Waals surface area contributed by atoms with Crippen LogP contribution in [0.2, 0.25) is 0 Å². The minimum absolute atomic E-state index is 0.185. The Hall–Kier alpha value is -1.20. The van der Waals surface area contributed by atoms with Gasteiger partial charge in [0.05, 0.1) is 11.4 Å². The van der Waals surface area contributed by atoms with Crippen LogP contribution in [0.15, 0.2) is 28.7 Å². The molecule has 0 fully saturated rings. The van der Waals surface area contributed by atoms with Crippen LogP contribution in [0.25, 0.3) is 0 Å². The molecule has 0 saturated carbocycles. The fourth-order valence-electron chi connectivity index (χ4n) is 1.91. The molecule has 3 nitrogen and oxygen atoms in total. The van der Waals surface area contributed by atoms with E-state index in [1.807, 2.05) is 11.7 Å². The highest BCUT2D eigenvalue weighted by Crippen LogP contribution is 2.15. The third-order valence-electron chi connectivity index (χ3n) is 3.02. The van der Waals surface area contributed by atoms with Crippen molar-refractivity contribution < 1.29 is 4.39 Å². The summed E-state index contributed by atoms with van der Waals surface area (Å²) in [6.45, 7) is 3.25. The van der Waals surface area contributed by atoms with E-state index in [1.165, 1.54) is 6.07 Å². The molecule has 0 radical (unpaired) electrons. The first-order valence-electron chi connectivity index (χ1n) is 6.26. The van der Waals surface area contributed by atoms with Crippen molar-refractivity contribution in [3.05, 3.63) is 51.5 Å². The van der Waals surface area contributed by atoms with Crippen molar-refractivity contribution in [1.29, 1.82) is 0 Å². The summed E-state index contributed by atoms with van der Waals surface area (Å²) in [5.74, 6) is -0.185. The summed E-state index contributed by atoms with van der Waals surface area (Å²) in [6.07, 6.45) is 0.925. The first kappa shape index (κ1) is 14.2. The first-order valence-corrected chi connectivity index (χ1v) is 7.06. The number of aryl methyl sites for hydroxylation is 2. The zero-order valence-electron chi connectivity index (χ0n) is 11.1. The van der Waals surface area contributed by atoms with E-state index in [0.29, 0.717) is 18.7 Å². The standard InChI is InChI=1S/C14H17BrFN3/c1-3-12-7-13(19(2)18-12)9-17-8-10-6-11(15)4-5-14(10)16/h4-7,17H,3,8-9H2,1-2H3. The molecule has 0 aliphatic rings. The number of rotatable bonds is 5. The number of halogens is 2. The van der Waals surface area contributed by atoms with E-state index >= 15 is 0 Å². The van der Waals surface area contributed by atoms with Gasteiger partial charge in [-0.1, -0.05) is 22.9 Å². The van der Waals surface area contributed by atoms with Crippen molar-refractivity contribution >= 4 is 15.9 Å². The lowest BCUT2D eigenvalue weighted by Crippen LogP contribution is -2.16. The summed E-state index contributed by atoms with van der Waals surface area (Å²) in [6, 6.07) is 7.04. The molecule has 0 saturated heterocycles. The van der Waals surface area contributed by atoms with Crippen LogP contribution in [0.4, 0.5) is 4.39 Å². The van der Waals surface area contributed by atoms with E-state index in [9.17, 15) is 4.39 Å². The van der Waals surface area contributed by atoms with Gasteiger partial charge in [0.15, 0.2) is 0 Å². The Morgan fingerprint density at radius 2 is 2.11 bits per heavy atom. The van der Waals surface area contributed by atoms with Crippen LogP contribution in [-0.2, 0) is 26.6 Å². The molecule has 0 amide bonds. The van der Waals surface area contributed by atoms with Crippen molar-refractivity contribution in [2.45, 2.75) is 26.4 Å². The van der Waals surface area contributed by atoms with E-state index in [2.05, 4.69) is 39.3 Å². The Kier molecular flexibility index (Phi) is 4.71. The molecule has 0 aliphatic heterocycles. The molecule has 0 atom stereocenters. The molecule has 2 aromatic rings. The number of hydrogen-bond donors (Lipinski definition) is 1. The predicted octanol–water partition coefficient (Wildman–Crippen LogP) is 3.17. The summed E-state index contributed by atoms with van der Waals surface area (Å²) in [5, 5.41) is 7.62. The average Bonchev–Trinajstić information content (AvgIpc) is 2.75. The zero-order valence-corrected chi connectivity index (χ0v) is 12.7. The van der Waals surface area contributed by atoms with Gasteiger partial charge in [-0.2, -0.15) is 5.10 Å². The summed E-state index contributed by atoms with van der Waals surface area (Å²) < 4.78 is 16.3. The molecule has 2 rings (SSSR count). The topological polar surface area (TPSA) is 29.9 Å². The van der Waals surface area contributed by atoms with Gasteiger partial charge in [-0.25, -0.2) is 4.39 Å². The highest BCUT2D eigenvalue weighted by molar-refractivity contribution is 9.10. The lowest BCUT2D eigenvalue weighted by atomic mass is 10.2. The summed E-state index contributed by atoms with van der Waals surface area (Å²) >= 11 is 3.35. The molecule has 0 unspecified atom stereocenters. The Balaban J connectivity index is 1.96.